The first-order valence-electron chi connectivity index (χ1n) is 9.12. The van der Waals surface area contributed by atoms with Gasteiger partial charge in [-0.15, -0.1) is 0 Å². The van der Waals surface area contributed by atoms with Gasteiger partial charge in [-0.3, -0.25) is 4.79 Å². The third-order valence-electron chi connectivity index (χ3n) is 5.05. The number of aliphatic hydroxyl groups is 1. The van der Waals surface area contributed by atoms with Crippen molar-refractivity contribution in [3.63, 3.8) is 0 Å². The fourth-order valence-electron chi connectivity index (χ4n) is 3.75. The summed E-state index contributed by atoms with van der Waals surface area (Å²) in [5.41, 5.74) is 3.41. The lowest BCUT2D eigenvalue weighted by Crippen LogP contribution is -2.22. The summed E-state index contributed by atoms with van der Waals surface area (Å²) in [6.07, 6.45) is -0.456. The first-order valence-corrected chi connectivity index (χ1v) is 9.12. The molecule has 0 aliphatic carbocycles. The van der Waals surface area contributed by atoms with Crippen LogP contribution in [0.25, 0.3) is 10.9 Å². The molecule has 1 aliphatic rings. The van der Waals surface area contributed by atoms with Gasteiger partial charge >= 0.3 is 0 Å². The highest BCUT2D eigenvalue weighted by atomic mass is 16.5. The van der Waals surface area contributed by atoms with Crippen molar-refractivity contribution in [3.05, 3.63) is 59.8 Å². The smallest absolute Gasteiger partial charge is 0.257 e. The molecule has 140 valence electrons. The molecule has 2 heterocycles. The minimum atomic E-state index is -1.23. The first-order chi connectivity index (χ1) is 13.2. The predicted molar refractivity (Wildman–Crippen MR) is 105 cm³/mol. The van der Waals surface area contributed by atoms with E-state index in [0.29, 0.717) is 17.0 Å². The Labute approximate surface area is 157 Å². The van der Waals surface area contributed by atoms with Gasteiger partial charge in [-0.1, -0.05) is 18.2 Å². The maximum Gasteiger partial charge on any atom is 0.257 e. The molecule has 3 N–H and O–H groups in total. The number of methoxy groups -OCH3 is 1. The van der Waals surface area contributed by atoms with E-state index in [2.05, 4.69) is 15.2 Å². The molecule has 0 bridgehead atoms. The molecule has 4 rings (SSSR count). The third-order valence-corrected chi connectivity index (χ3v) is 5.05. The second-order valence-electron chi connectivity index (χ2n) is 6.65. The topological polar surface area (TPSA) is 75.5 Å². The fourth-order valence-corrected chi connectivity index (χ4v) is 3.75. The third kappa shape index (κ3) is 3.29. The van der Waals surface area contributed by atoms with Crippen LogP contribution in [0.1, 0.15) is 17.4 Å². The molecule has 1 amide bonds. The molecule has 27 heavy (non-hydrogen) atoms. The van der Waals surface area contributed by atoms with Gasteiger partial charge < -0.3 is 25.0 Å². The highest BCUT2D eigenvalue weighted by Gasteiger charge is 2.27. The second-order valence-corrected chi connectivity index (χ2v) is 6.65. The van der Waals surface area contributed by atoms with Crippen molar-refractivity contribution in [1.29, 1.82) is 0 Å². The Morgan fingerprint density at radius 3 is 2.74 bits per heavy atom. The minimum Gasteiger partial charge on any atom is -0.497 e. The average molecular weight is 365 g/mol. The molecule has 6 heteroatoms. The molecule has 0 saturated heterocycles. The summed E-state index contributed by atoms with van der Waals surface area (Å²) in [5.74, 6) is 0.279. The van der Waals surface area contributed by atoms with Crippen molar-refractivity contribution < 1.29 is 14.6 Å². The highest BCUT2D eigenvalue weighted by molar-refractivity contribution is 5.99. The number of hydrogen-bond acceptors (Lipinski definition) is 4. The lowest BCUT2D eigenvalue weighted by molar-refractivity contribution is -0.124. The van der Waals surface area contributed by atoms with Gasteiger partial charge in [0.2, 0.25) is 0 Å². The lowest BCUT2D eigenvalue weighted by atomic mass is 10.0. The van der Waals surface area contributed by atoms with Gasteiger partial charge in [-0.05, 0) is 30.3 Å². The molecular weight excluding hydrogens is 342 g/mol. The van der Waals surface area contributed by atoms with Crippen molar-refractivity contribution in [2.75, 3.05) is 25.5 Å². The monoisotopic (exact) mass is 365 g/mol. The van der Waals surface area contributed by atoms with Crippen molar-refractivity contribution in [1.82, 2.24) is 9.88 Å². The van der Waals surface area contributed by atoms with Gasteiger partial charge in [0.15, 0.2) is 6.10 Å². The van der Waals surface area contributed by atoms with Crippen LogP contribution in [-0.4, -0.2) is 35.8 Å². The van der Waals surface area contributed by atoms with E-state index in [0.717, 1.165) is 42.7 Å². The molecule has 0 spiro atoms. The summed E-state index contributed by atoms with van der Waals surface area (Å²) >= 11 is 0. The van der Waals surface area contributed by atoms with E-state index in [1.54, 1.807) is 31.4 Å². The summed E-state index contributed by atoms with van der Waals surface area (Å²) < 4.78 is 7.35. The molecule has 3 aromatic rings. The molecule has 0 fully saturated rings. The summed E-state index contributed by atoms with van der Waals surface area (Å²) in [6.45, 7) is 2.53. The van der Waals surface area contributed by atoms with Crippen LogP contribution in [0.3, 0.4) is 0 Å². The normalized spacial score (nSPS) is 15.0. The number of hydrogen-bond donors (Lipinski definition) is 3. The van der Waals surface area contributed by atoms with Crippen molar-refractivity contribution in [3.8, 4) is 5.75 Å². The highest BCUT2D eigenvalue weighted by Crippen LogP contribution is 2.33. The number of fused-ring (bicyclic) bond motifs is 3. The lowest BCUT2D eigenvalue weighted by Gasteiger charge is -2.14. The van der Waals surface area contributed by atoms with E-state index in [1.807, 2.05) is 24.3 Å². The van der Waals surface area contributed by atoms with Crippen LogP contribution in [0.2, 0.25) is 0 Å². The second kappa shape index (κ2) is 7.42. The maximum atomic E-state index is 12.8. The number of amides is 1. The minimum absolute atomic E-state index is 0.434. The van der Waals surface area contributed by atoms with E-state index in [-0.39, 0.29) is 0 Å². The van der Waals surface area contributed by atoms with E-state index in [1.165, 1.54) is 0 Å². The summed E-state index contributed by atoms with van der Waals surface area (Å²) in [6, 6.07) is 15.0. The van der Waals surface area contributed by atoms with Crippen LogP contribution in [0.5, 0.6) is 5.75 Å². The Kier molecular flexibility index (Phi) is 4.83. The number of carbonyl (C=O) groups is 1. The largest absolute Gasteiger partial charge is 0.497 e. The van der Waals surface area contributed by atoms with Crippen LogP contribution in [0, 0.1) is 0 Å². The number of para-hydroxylation sites is 1. The summed E-state index contributed by atoms with van der Waals surface area (Å²) in [5, 5.41) is 18.0. The molecule has 0 radical (unpaired) electrons. The molecule has 1 aliphatic heterocycles. The zero-order valence-electron chi connectivity index (χ0n) is 15.2. The number of rotatable bonds is 4. The number of aliphatic hydroxyl groups excluding tert-OH is 1. The molecule has 1 atom stereocenters. The van der Waals surface area contributed by atoms with Gasteiger partial charge in [0.1, 0.15) is 5.75 Å². The number of aromatic nitrogens is 1. The average Bonchev–Trinajstić information content (AvgIpc) is 2.84. The van der Waals surface area contributed by atoms with Crippen molar-refractivity contribution in [2.45, 2.75) is 19.1 Å². The number of ether oxygens (including phenoxy) is 1. The van der Waals surface area contributed by atoms with Gasteiger partial charge in [0.05, 0.1) is 7.11 Å². The van der Waals surface area contributed by atoms with Gasteiger partial charge in [-0.25, -0.2) is 0 Å². The molecule has 0 saturated carbocycles. The van der Waals surface area contributed by atoms with Crippen molar-refractivity contribution >= 4 is 22.5 Å². The Morgan fingerprint density at radius 1 is 1.19 bits per heavy atom. The number of anilines is 1. The Hall–Kier alpha value is -2.83. The zero-order valence-corrected chi connectivity index (χ0v) is 15.2. The first kappa shape index (κ1) is 17.6. The zero-order chi connectivity index (χ0) is 18.8. The molecular formula is C21H23N3O3. The summed E-state index contributed by atoms with van der Waals surface area (Å²) in [4.78, 5) is 12.8. The van der Waals surface area contributed by atoms with Crippen LogP contribution in [0.15, 0.2) is 48.5 Å². The predicted octanol–water partition coefficient (Wildman–Crippen LogP) is 2.47. The molecule has 2 aromatic carbocycles. The van der Waals surface area contributed by atoms with Crippen LogP contribution < -0.4 is 15.4 Å². The number of carbonyl (C=O) groups excluding carboxylic acids is 1. The van der Waals surface area contributed by atoms with Gasteiger partial charge in [0.25, 0.3) is 5.91 Å². The number of nitrogens with zero attached hydrogens (tertiary/aromatic N) is 1. The maximum absolute atomic E-state index is 12.8. The Bertz CT molecular complexity index is 963. The molecule has 1 unspecified atom stereocenters. The van der Waals surface area contributed by atoms with Crippen LogP contribution in [-0.2, 0) is 17.8 Å². The van der Waals surface area contributed by atoms with Gasteiger partial charge in [0, 0.05) is 53.9 Å². The van der Waals surface area contributed by atoms with Crippen molar-refractivity contribution in [2.24, 2.45) is 0 Å². The number of benzene rings is 2. The Balaban J connectivity index is 1.68. The standard InChI is InChI=1S/C21H23N3O3/c1-27-15-8-6-14(7-9-15)23-21(26)20(25)19-16-4-2-3-5-17(16)24-13-12-22-11-10-18(19)24/h2-9,20,22,25H,10-13H2,1H3,(H,23,26). The van der Waals surface area contributed by atoms with Gasteiger partial charge in [-0.2, -0.15) is 0 Å². The van der Waals surface area contributed by atoms with Crippen LogP contribution in [0.4, 0.5) is 5.69 Å². The molecule has 6 nitrogen and oxygen atoms in total. The quantitative estimate of drug-likeness (QED) is 0.664. The SMILES string of the molecule is COc1ccc(NC(=O)C(O)c2c3n(c4ccccc24)CCNCC3)cc1. The van der Waals surface area contributed by atoms with E-state index in [9.17, 15) is 9.90 Å². The van der Waals surface area contributed by atoms with E-state index < -0.39 is 12.0 Å². The summed E-state index contributed by atoms with van der Waals surface area (Å²) in [7, 11) is 1.59. The van der Waals surface area contributed by atoms with E-state index >= 15 is 0 Å². The number of nitrogens with one attached hydrogen (secondary N) is 2. The van der Waals surface area contributed by atoms with Crippen LogP contribution >= 0.6 is 0 Å². The Morgan fingerprint density at radius 2 is 1.96 bits per heavy atom. The van der Waals surface area contributed by atoms with E-state index in [4.69, 9.17) is 4.74 Å². The molecule has 1 aromatic heterocycles. The fraction of sp³-hybridized carbons (Fsp3) is 0.286.